The van der Waals surface area contributed by atoms with Gasteiger partial charge in [-0.25, -0.2) is 4.79 Å². The van der Waals surface area contributed by atoms with Gasteiger partial charge >= 0.3 is 12.1 Å². The minimum Gasteiger partial charge on any atom is -0.481 e. The van der Waals surface area contributed by atoms with Crippen LogP contribution in [0.2, 0.25) is 0 Å². The van der Waals surface area contributed by atoms with E-state index in [9.17, 15) is 14.4 Å². The monoisotopic (exact) mass is 329 g/mol. The Morgan fingerprint density at radius 1 is 1.26 bits per heavy atom. The van der Waals surface area contributed by atoms with Crippen LogP contribution in [-0.4, -0.2) is 77.7 Å². The number of rotatable bonds is 6. The Bertz CT molecular complexity index is 464. The number of nitrogens with one attached hydrogen (secondary N) is 1. The van der Waals surface area contributed by atoms with Crippen molar-refractivity contribution >= 4 is 18.0 Å². The largest absolute Gasteiger partial charge is 0.481 e. The number of carbonyl (C=O) groups excluding carboxylic acids is 2. The second kappa shape index (κ2) is 7.16. The number of carboxylic acids is 1. The average molecular weight is 329 g/mol. The normalized spacial score (nSPS) is 16.5. The molecule has 0 aromatic rings. The van der Waals surface area contributed by atoms with Crippen LogP contribution in [0.25, 0.3) is 0 Å². The van der Waals surface area contributed by atoms with Crippen molar-refractivity contribution in [3.8, 4) is 0 Å². The fourth-order valence-electron chi connectivity index (χ4n) is 2.37. The van der Waals surface area contributed by atoms with Crippen molar-refractivity contribution in [2.45, 2.75) is 44.8 Å². The predicted octanol–water partition coefficient (Wildman–Crippen LogP) is 0.519. The zero-order valence-electron chi connectivity index (χ0n) is 14.5. The topological polar surface area (TPSA) is 99.2 Å². The van der Waals surface area contributed by atoms with Gasteiger partial charge in [-0.15, -0.1) is 0 Å². The summed E-state index contributed by atoms with van der Waals surface area (Å²) in [4.78, 5) is 37.5. The summed E-state index contributed by atoms with van der Waals surface area (Å²) < 4.78 is 5.27. The molecule has 1 aliphatic heterocycles. The van der Waals surface area contributed by atoms with E-state index in [0.29, 0.717) is 6.54 Å². The Kier molecular flexibility index (Phi) is 5.98. The van der Waals surface area contributed by atoms with E-state index in [1.165, 1.54) is 9.80 Å². The average Bonchev–Trinajstić information content (AvgIpc) is 2.31. The van der Waals surface area contributed by atoms with Gasteiger partial charge in [0.15, 0.2) is 0 Å². The molecular formula is C15H27N3O5. The molecule has 132 valence electrons. The summed E-state index contributed by atoms with van der Waals surface area (Å²) >= 11 is 0. The van der Waals surface area contributed by atoms with E-state index in [0.717, 1.165) is 0 Å². The summed E-state index contributed by atoms with van der Waals surface area (Å²) in [7, 11) is 3.34. The third kappa shape index (κ3) is 6.05. The highest BCUT2D eigenvalue weighted by Crippen LogP contribution is 2.26. The van der Waals surface area contributed by atoms with E-state index in [-0.39, 0.29) is 31.8 Å². The Morgan fingerprint density at radius 3 is 2.26 bits per heavy atom. The molecule has 0 saturated carbocycles. The fourth-order valence-corrected chi connectivity index (χ4v) is 2.37. The summed E-state index contributed by atoms with van der Waals surface area (Å²) in [5.74, 6) is -0.980. The van der Waals surface area contributed by atoms with Crippen molar-refractivity contribution in [3.63, 3.8) is 0 Å². The van der Waals surface area contributed by atoms with Gasteiger partial charge in [0.05, 0.1) is 12.0 Å². The van der Waals surface area contributed by atoms with Crippen molar-refractivity contribution < 1.29 is 24.2 Å². The summed E-state index contributed by atoms with van der Waals surface area (Å²) in [6, 6.07) is 0. The molecule has 0 aliphatic carbocycles. The number of hydrogen-bond donors (Lipinski definition) is 2. The van der Waals surface area contributed by atoms with Crippen LogP contribution in [0.4, 0.5) is 4.79 Å². The molecule has 2 amide bonds. The van der Waals surface area contributed by atoms with Crippen LogP contribution in [0, 0.1) is 0 Å². The molecule has 1 fully saturated rings. The van der Waals surface area contributed by atoms with Crippen LogP contribution >= 0.6 is 0 Å². The minimum absolute atomic E-state index is 0.0358. The first-order chi connectivity index (χ1) is 10.4. The maximum Gasteiger partial charge on any atom is 0.410 e. The molecule has 0 radical (unpaired) electrons. The van der Waals surface area contributed by atoms with E-state index >= 15 is 0 Å². The molecule has 0 aromatic heterocycles. The first kappa shape index (κ1) is 19.2. The van der Waals surface area contributed by atoms with Crippen molar-refractivity contribution in [2.75, 3.05) is 33.7 Å². The molecule has 0 bridgehead atoms. The molecule has 1 rings (SSSR count). The Morgan fingerprint density at radius 2 is 1.83 bits per heavy atom. The number of hydrogen-bond acceptors (Lipinski definition) is 5. The zero-order chi connectivity index (χ0) is 17.8. The van der Waals surface area contributed by atoms with Crippen molar-refractivity contribution in [1.29, 1.82) is 0 Å². The molecule has 0 aromatic carbocycles. The van der Waals surface area contributed by atoms with E-state index in [1.807, 2.05) is 0 Å². The van der Waals surface area contributed by atoms with Crippen LogP contribution in [0.15, 0.2) is 0 Å². The Labute approximate surface area is 136 Å². The quantitative estimate of drug-likeness (QED) is 0.737. The maximum atomic E-state index is 12.0. The lowest BCUT2D eigenvalue weighted by atomic mass is 9.86. The van der Waals surface area contributed by atoms with Gasteiger partial charge < -0.3 is 25.0 Å². The molecule has 8 heteroatoms. The van der Waals surface area contributed by atoms with Crippen molar-refractivity contribution in [2.24, 2.45) is 0 Å². The number of carbonyl (C=O) groups is 3. The summed E-state index contributed by atoms with van der Waals surface area (Å²) in [5.41, 5.74) is -1.29. The number of likely N-dealkylation sites (tertiary alicyclic amines) is 1. The molecule has 1 heterocycles. The number of amides is 2. The number of carboxylic acid groups (broad SMARTS) is 1. The van der Waals surface area contributed by atoms with E-state index < -0.39 is 23.2 Å². The van der Waals surface area contributed by atoms with Crippen LogP contribution in [0.5, 0.6) is 0 Å². The lowest BCUT2D eigenvalue weighted by Gasteiger charge is -2.49. The molecule has 23 heavy (non-hydrogen) atoms. The zero-order valence-corrected chi connectivity index (χ0v) is 14.5. The molecule has 0 atom stereocenters. The third-order valence-corrected chi connectivity index (χ3v) is 3.47. The summed E-state index contributed by atoms with van der Waals surface area (Å²) in [6.07, 6.45) is -0.284. The van der Waals surface area contributed by atoms with Gasteiger partial charge in [0.1, 0.15) is 5.60 Å². The maximum absolute atomic E-state index is 12.0. The molecular weight excluding hydrogens is 302 g/mol. The van der Waals surface area contributed by atoms with E-state index in [2.05, 4.69) is 5.32 Å². The van der Waals surface area contributed by atoms with Crippen LogP contribution in [-0.2, 0) is 14.3 Å². The minimum atomic E-state index is -0.944. The van der Waals surface area contributed by atoms with Gasteiger partial charge in [0.25, 0.3) is 0 Å². The molecule has 8 nitrogen and oxygen atoms in total. The number of aliphatic carboxylic acids is 1. The Balaban J connectivity index is 2.55. The highest BCUT2D eigenvalue weighted by atomic mass is 16.6. The summed E-state index contributed by atoms with van der Waals surface area (Å²) in [5, 5.41) is 12.2. The van der Waals surface area contributed by atoms with Crippen LogP contribution in [0.3, 0.4) is 0 Å². The van der Waals surface area contributed by atoms with Crippen molar-refractivity contribution in [3.05, 3.63) is 0 Å². The second-order valence-corrected chi connectivity index (χ2v) is 7.15. The van der Waals surface area contributed by atoms with E-state index in [1.54, 1.807) is 34.9 Å². The van der Waals surface area contributed by atoms with E-state index in [4.69, 9.17) is 9.84 Å². The lowest BCUT2D eigenvalue weighted by molar-refractivity contribution is -0.141. The highest BCUT2D eigenvalue weighted by molar-refractivity contribution is 5.76. The molecule has 0 unspecified atom stereocenters. The highest BCUT2D eigenvalue weighted by Gasteiger charge is 2.47. The molecule has 1 saturated heterocycles. The van der Waals surface area contributed by atoms with Gasteiger partial charge in [0, 0.05) is 40.2 Å². The lowest BCUT2D eigenvalue weighted by Crippen LogP contribution is -2.71. The SMILES string of the molecule is CN(C)C(=O)CCNC1(CC(=O)O)CN(C(=O)OC(C)(C)C)C1. The van der Waals surface area contributed by atoms with Gasteiger partial charge in [-0.1, -0.05) is 0 Å². The second-order valence-electron chi connectivity index (χ2n) is 7.15. The van der Waals surface area contributed by atoms with Gasteiger partial charge in [-0.2, -0.15) is 0 Å². The molecule has 0 spiro atoms. The first-order valence-electron chi connectivity index (χ1n) is 7.59. The first-order valence-corrected chi connectivity index (χ1v) is 7.59. The number of ether oxygens (including phenoxy) is 1. The van der Waals surface area contributed by atoms with Gasteiger partial charge in [0.2, 0.25) is 5.91 Å². The predicted molar refractivity (Wildman–Crippen MR) is 84.1 cm³/mol. The Hall–Kier alpha value is -1.83. The van der Waals surface area contributed by atoms with Gasteiger partial charge in [-0.05, 0) is 20.8 Å². The smallest absolute Gasteiger partial charge is 0.410 e. The van der Waals surface area contributed by atoms with Crippen LogP contribution in [0.1, 0.15) is 33.6 Å². The molecule has 2 N–H and O–H groups in total. The number of nitrogens with zero attached hydrogens (tertiary/aromatic N) is 2. The summed E-state index contributed by atoms with van der Waals surface area (Å²) in [6.45, 7) is 6.21. The van der Waals surface area contributed by atoms with Gasteiger partial charge in [-0.3, -0.25) is 9.59 Å². The molecule has 1 aliphatic rings. The van der Waals surface area contributed by atoms with Crippen LogP contribution < -0.4 is 5.32 Å². The third-order valence-electron chi connectivity index (χ3n) is 3.47. The van der Waals surface area contributed by atoms with Crippen molar-refractivity contribution in [1.82, 2.24) is 15.1 Å². The fraction of sp³-hybridized carbons (Fsp3) is 0.800. The standard InChI is InChI=1S/C15H27N3O5/c1-14(2,3)23-13(22)18-9-15(10-18,8-12(20)21)16-7-6-11(19)17(4)5/h16H,6-10H2,1-5H3,(H,20,21).